The fourth-order valence-electron chi connectivity index (χ4n) is 1.28. The average Bonchev–Trinajstić information content (AvgIpc) is 2.25. The van der Waals surface area contributed by atoms with Crippen LogP contribution in [0.1, 0.15) is 18.1 Å². The smallest absolute Gasteiger partial charge is 0.106 e. The number of hydrogen-bond donors (Lipinski definition) is 3. The molecule has 0 radical (unpaired) electrons. The van der Waals surface area contributed by atoms with Crippen molar-refractivity contribution < 1.29 is 10.2 Å². The molecule has 0 fully saturated rings. The van der Waals surface area contributed by atoms with Crippen LogP contribution in [0.4, 0.5) is 0 Å². The maximum atomic E-state index is 9.81. The lowest BCUT2D eigenvalue weighted by Gasteiger charge is -2.18. The Morgan fingerprint density at radius 3 is 2.87 bits per heavy atom. The Balaban J connectivity index is 2.67. The molecule has 15 heavy (non-hydrogen) atoms. The molecule has 2 unspecified atom stereocenters. The van der Waals surface area contributed by atoms with Gasteiger partial charge < -0.3 is 15.5 Å². The van der Waals surface area contributed by atoms with E-state index in [0.29, 0.717) is 23.6 Å². The predicted molar refractivity (Wildman–Crippen MR) is 58.8 cm³/mol. The van der Waals surface area contributed by atoms with Crippen molar-refractivity contribution in [3.05, 3.63) is 29.0 Å². The van der Waals surface area contributed by atoms with Gasteiger partial charge in [-0.15, -0.1) is 0 Å². The molecule has 0 aliphatic carbocycles. The monoisotopic (exact) mass is 230 g/mol. The topological polar surface area (TPSA) is 65.4 Å². The Morgan fingerprint density at radius 2 is 2.27 bits per heavy atom. The molecule has 0 aliphatic rings. The first kappa shape index (κ1) is 12.4. The van der Waals surface area contributed by atoms with E-state index in [2.05, 4.69) is 10.3 Å². The summed E-state index contributed by atoms with van der Waals surface area (Å²) in [6.07, 6.45) is 1.67. The van der Waals surface area contributed by atoms with Crippen molar-refractivity contribution in [3.63, 3.8) is 0 Å². The molecular weight excluding hydrogens is 216 g/mol. The first-order valence-electron chi connectivity index (χ1n) is 4.77. The number of halogens is 1. The van der Waals surface area contributed by atoms with E-state index < -0.39 is 12.2 Å². The van der Waals surface area contributed by atoms with Gasteiger partial charge in [-0.05, 0) is 26.1 Å². The number of aromatic nitrogens is 1. The number of rotatable bonds is 5. The maximum Gasteiger partial charge on any atom is 0.106 e. The SMILES string of the molecule is CNCCC(O)C(O)c1ccncc1Cl. The molecule has 0 spiro atoms. The van der Waals surface area contributed by atoms with Gasteiger partial charge in [0.15, 0.2) is 0 Å². The number of nitrogens with zero attached hydrogens (tertiary/aromatic N) is 1. The highest BCUT2D eigenvalue weighted by molar-refractivity contribution is 6.31. The van der Waals surface area contributed by atoms with Crippen LogP contribution in [0.15, 0.2) is 18.5 Å². The van der Waals surface area contributed by atoms with E-state index in [-0.39, 0.29) is 0 Å². The number of hydrogen-bond acceptors (Lipinski definition) is 4. The number of pyridine rings is 1. The van der Waals surface area contributed by atoms with E-state index in [1.807, 2.05) is 0 Å². The Morgan fingerprint density at radius 1 is 1.53 bits per heavy atom. The summed E-state index contributed by atoms with van der Waals surface area (Å²) >= 11 is 5.85. The average molecular weight is 231 g/mol. The predicted octanol–water partition coefficient (Wildman–Crippen LogP) is 0.739. The van der Waals surface area contributed by atoms with E-state index in [1.165, 1.54) is 12.4 Å². The van der Waals surface area contributed by atoms with E-state index >= 15 is 0 Å². The summed E-state index contributed by atoms with van der Waals surface area (Å²) < 4.78 is 0. The Bertz CT molecular complexity index is 309. The first-order chi connectivity index (χ1) is 7.16. The van der Waals surface area contributed by atoms with E-state index in [1.54, 1.807) is 13.1 Å². The second-order valence-electron chi connectivity index (χ2n) is 3.30. The molecule has 0 amide bonds. The van der Waals surface area contributed by atoms with Crippen LogP contribution < -0.4 is 5.32 Å². The minimum absolute atomic E-state index is 0.369. The van der Waals surface area contributed by atoms with Gasteiger partial charge in [0.05, 0.1) is 11.1 Å². The van der Waals surface area contributed by atoms with Crippen LogP contribution in [0.5, 0.6) is 0 Å². The van der Waals surface area contributed by atoms with Crippen molar-refractivity contribution in [2.45, 2.75) is 18.6 Å². The maximum absolute atomic E-state index is 9.81. The molecule has 0 saturated heterocycles. The van der Waals surface area contributed by atoms with Crippen molar-refractivity contribution >= 4 is 11.6 Å². The summed E-state index contributed by atoms with van der Waals surface area (Å²) in [7, 11) is 1.79. The third kappa shape index (κ3) is 3.43. The van der Waals surface area contributed by atoms with Crippen molar-refractivity contribution in [2.75, 3.05) is 13.6 Å². The van der Waals surface area contributed by atoms with Crippen LogP contribution in [0.2, 0.25) is 5.02 Å². The summed E-state index contributed by atoms with van der Waals surface area (Å²) in [6.45, 7) is 0.640. The minimum atomic E-state index is -0.964. The molecule has 4 nitrogen and oxygen atoms in total. The largest absolute Gasteiger partial charge is 0.390 e. The van der Waals surface area contributed by atoms with Gasteiger partial charge in [0, 0.05) is 18.0 Å². The molecule has 1 rings (SSSR count). The van der Waals surface area contributed by atoms with Gasteiger partial charge in [0.1, 0.15) is 6.10 Å². The van der Waals surface area contributed by atoms with E-state index in [9.17, 15) is 10.2 Å². The molecule has 5 heteroatoms. The standard InChI is InChI=1S/C10H15ClN2O2/c1-12-4-3-9(14)10(15)7-2-5-13-6-8(7)11/h2,5-6,9-10,12,14-15H,3-4H2,1H3. The van der Waals surface area contributed by atoms with Crippen LogP contribution in [0.25, 0.3) is 0 Å². The second kappa shape index (κ2) is 6.02. The van der Waals surface area contributed by atoms with E-state index in [4.69, 9.17) is 11.6 Å². The zero-order valence-electron chi connectivity index (χ0n) is 8.52. The summed E-state index contributed by atoms with van der Waals surface area (Å²) in [5.41, 5.74) is 0.510. The highest BCUT2D eigenvalue weighted by atomic mass is 35.5. The van der Waals surface area contributed by atoms with Crippen molar-refractivity contribution in [2.24, 2.45) is 0 Å². The highest BCUT2D eigenvalue weighted by Gasteiger charge is 2.19. The molecule has 1 aromatic heterocycles. The lowest BCUT2D eigenvalue weighted by molar-refractivity contribution is 0.0140. The van der Waals surface area contributed by atoms with Crippen molar-refractivity contribution in [1.82, 2.24) is 10.3 Å². The number of aliphatic hydroxyl groups is 2. The van der Waals surface area contributed by atoms with Gasteiger partial charge in [-0.3, -0.25) is 4.98 Å². The molecule has 3 N–H and O–H groups in total. The molecule has 84 valence electrons. The fraction of sp³-hybridized carbons (Fsp3) is 0.500. The lowest BCUT2D eigenvalue weighted by Crippen LogP contribution is -2.23. The van der Waals surface area contributed by atoms with Gasteiger partial charge >= 0.3 is 0 Å². The fourth-order valence-corrected chi connectivity index (χ4v) is 1.51. The normalized spacial score (nSPS) is 14.9. The Labute approximate surface area is 93.9 Å². The summed E-state index contributed by atoms with van der Waals surface area (Å²) in [5.74, 6) is 0. The van der Waals surface area contributed by atoms with Crippen LogP contribution in [0, 0.1) is 0 Å². The highest BCUT2D eigenvalue weighted by Crippen LogP contribution is 2.25. The zero-order valence-corrected chi connectivity index (χ0v) is 9.28. The summed E-state index contributed by atoms with van der Waals surface area (Å²) in [5, 5.41) is 22.7. The van der Waals surface area contributed by atoms with Crippen molar-refractivity contribution in [3.8, 4) is 0 Å². The van der Waals surface area contributed by atoms with E-state index in [0.717, 1.165) is 0 Å². The molecule has 2 atom stereocenters. The van der Waals surface area contributed by atoms with Gasteiger partial charge in [-0.2, -0.15) is 0 Å². The van der Waals surface area contributed by atoms with Crippen LogP contribution in [-0.4, -0.2) is 34.9 Å². The van der Waals surface area contributed by atoms with Gasteiger partial charge in [-0.1, -0.05) is 11.6 Å². The van der Waals surface area contributed by atoms with Crippen molar-refractivity contribution in [1.29, 1.82) is 0 Å². The molecule has 0 bridgehead atoms. The first-order valence-corrected chi connectivity index (χ1v) is 5.14. The van der Waals surface area contributed by atoms with Crippen LogP contribution in [-0.2, 0) is 0 Å². The molecule has 0 saturated carbocycles. The minimum Gasteiger partial charge on any atom is -0.390 e. The Hall–Kier alpha value is -0.680. The van der Waals surface area contributed by atoms with Crippen LogP contribution in [0.3, 0.4) is 0 Å². The molecule has 1 aromatic rings. The molecule has 0 aliphatic heterocycles. The molecule has 0 aromatic carbocycles. The van der Waals surface area contributed by atoms with Gasteiger partial charge in [0.25, 0.3) is 0 Å². The third-order valence-corrected chi connectivity index (χ3v) is 2.49. The second-order valence-corrected chi connectivity index (χ2v) is 3.71. The van der Waals surface area contributed by atoms with Gasteiger partial charge in [0.2, 0.25) is 0 Å². The Kier molecular flexibility index (Phi) is 4.98. The molecular formula is C10H15ClN2O2. The van der Waals surface area contributed by atoms with Gasteiger partial charge in [-0.25, -0.2) is 0 Å². The quantitative estimate of drug-likeness (QED) is 0.698. The zero-order chi connectivity index (χ0) is 11.3. The lowest BCUT2D eigenvalue weighted by atomic mass is 10.0. The van der Waals surface area contributed by atoms with Crippen LogP contribution >= 0.6 is 11.6 Å². The number of aliphatic hydroxyl groups excluding tert-OH is 2. The summed E-state index contributed by atoms with van der Waals surface area (Å²) in [4.78, 5) is 3.81. The summed E-state index contributed by atoms with van der Waals surface area (Å²) in [6, 6.07) is 1.61. The number of nitrogens with one attached hydrogen (secondary N) is 1. The molecule has 1 heterocycles. The third-order valence-electron chi connectivity index (χ3n) is 2.18.